The van der Waals surface area contributed by atoms with E-state index in [-0.39, 0.29) is 17.6 Å². The van der Waals surface area contributed by atoms with Crippen molar-refractivity contribution in [2.45, 2.75) is 25.8 Å². The Kier molecular flexibility index (Phi) is 3.64. The molecule has 21 heavy (non-hydrogen) atoms. The minimum atomic E-state index is -0.307. The molecule has 1 aromatic carbocycles. The van der Waals surface area contributed by atoms with Gasteiger partial charge < -0.3 is 4.90 Å². The van der Waals surface area contributed by atoms with Gasteiger partial charge in [-0.15, -0.1) is 5.10 Å². The molecule has 0 N–H and O–H groups in total. The first-order valence-corrected chi connectivity index (χ1v) is 6.93. The van der Waals surface area contributed by atoms with Crippen molar-refractivity contribution in [2.75, 3.05) is 11.9 Å². The van der Waals surface area contributed by atoms with Gasteiger partial charge in [-0.2, -0.15) is 0 Å². The Morgan fingerprint density at radius 1 is 1.33 bits per heavy atom. The maximum absolute atomic E-state index is 12.9. The highest BCUT2D eigenvalue weighted by molar-refractivity contribution is 5.94. The first kappa shape index (κ1) is 13.7. The van der Waals surface area contributed by atoms with E-state index in [4.69, 9.17) is 0 Å². The van der Waals surface area contributed by atoms with Crippen LogP contribution in [0.5, 0.6) is 0 Å². The minimum absolute atomic E-state index is 0.0420. The average molecular weight is 289 g/mol. The molecule has 6 nitrogen and oxygen atoms in total. The van der Waals surface area contributed by atoms with Crippen molar-refractivity contribution < 1.29 is 9.18 Å². The Labute approximate surface area is 121 Å². The maximum Gasteiger partial charge on any atom is 0.229 e. The van der Waals surface area contributed by atoms with Crippen LogP contribution in [0.1, 0.15) is 18.7 Å². The summed E-state index contributed by atoms with van der Waals surface area (Å²) >= 11 is 0. The second-order valence-electron chi connectivity index (χ2n) is 5.22. The lowest BCUT2D eigenvalue weighted by Gasteiger charge is -2.22. The second-order valence-corrected chi connectivity index (χ2v) is 5.22. The van der Waals surface area contributed by atoms with Gasteiger partial charge >= 0.3 is 0 Å². The van der Waals surface area contributed by atoms with Crippen LogP contribution in [0.2, 0.25) is 0 Å². The smallest absolute Gasteiger partial charge is 0.229 e. The summed E-state index contributed by atoms with van der Waals surface area (Å²) in [5.41, 5.74) is 0.697. The van der Waals surface area contributed by atoms with Gasteiger partial charge in [0, 0.05) is 31.6 Å². The number of aromatic nitrogens is 4. The fourth-order valence-corrected chi connectivity index (χ4v) is 2.61. The van der Waals surface area contributed by atoms with Gasteiger partial charge in [-0.3, -0.25) is 4.79 Å². The van der Waals surface area contributed by atoms with Gasteiger partial charge in [-0.05, 0) is 47.5 Å². The number of nitrogens with zero attached hydrogens (tertiary/aromatic N) is 5. The molecular formula is C14H16FN5O. The van der Waals surface area contributed by atoms with Gasteiger partial charge in [0.25, 0.3) is 0 Å². The van der Waals surface area contributed by atoms with Crippen LogP contribution < -0.4 is 4.90 Å². The molecule has 1 atom stereocenters. The Balaban J connectivity index is 1.70. The third-order valence-corrected chi connectivity index (χ3v) is 3.91. The van der Waals surface area contributed by atoms with Crippen molar-refractivity contribution in [1.29, 1.82) is 0 Å². The lowest BCUT2D eigenvalue weighted by Crippen LogP contribution is -2.33. The minimum Gasteiger partial charge on any atom is -0.315 e. The Hall–Kier alpha value is -2.31. The summed E-state index contributed by atoms with van der Waals surface area (Å²) < 4.78 is 14.7. The summed E-state index contributed by atoms with van der Waals surface area (Å²) in [6.45, 7) is 0.649. The topological polar surface area (TPSA) is 63.9 Å². The lowest BCUT2D eigenvalue weighted by molar-refractivity contribution is -0.122. The lowest BCUT2D eigenvalue weighted by atomic mass is 9.98. The number of anilines is 1. The van der Waals surface area contributed by atoms with E-state index in [1.807, 2.05) is 0 Å². The number of aryl methyl sites for hydroxylation is 2. The quantitative estimate of drug-likeness (QED) is 0.839. The van der Waals surface area contributed by atoms with Gasteiger partial charge in [-0.1, -0.05) is 0 Å². The highest BCUT2D eigenvalue weighted by Gasteiger charge is 2.26. The van der Waals surface area contributed by atoms with Gasteiger partial charge in [0.2, 0.25) is 5.91 Å². The molecule has 3 rings (SSSR count). The first-order chi connectivity index (χ1) is 10.1. The number of tetrazole rings is 1. The molecule has 2 heterocycles. The zero-order valence-corrected chi connectivity index (χ0v) is 11.7. The SMILES string of the molecule is CN(C(=O)[C@H]1CCc2nnnn2CC1)c1ccc(F)cc1. The fraction of sp³-hybridized carbons (Fsp3) is 0.429. The van der Waals surface area contributed by atoms with Crippen LogP contribution in [0.3, 0.4) is 0 Å². The highest BCUT2D eigenvalue weighted by atomic mass is 19.1. The third kappa shape index (κ3) is 2.76. The molecule has 0 saturated carbocycles. The third-order valence-electron chi connectivity index (χ3n) is 3.91. The molecule has 1 aromatic heterocycles. The van der Waals surface area contributed by atoms with E-state index in [0.29, 0.717) is 25.1 Å². The molecule has 110 valence electrons. The first-order valence-electron chi connectivity index (χ1n) is 6.93. The molecule has 0 saturated heterocycles. The van der Waals surface area contributed by atoms with Crippen LogP contribution in [-0.2, 0) is 17.8 Å². The van der Waals surface area contributed by atoms with Crippen molar-refractivity contribution in [3.05, 3.63) is 35.9 Å². The Bertz CT molecular complexity index is 617. The Morgan fingerprint density at radius 3 is 2.86 bits per heavy atom. The number of carbonyl (C=O) groups excluding carboxylic acids is 1. The summed E-state index contributed by atoms with van der Waals surface area (Å²) in [5, 5.41) is 11.5. The van der Waals surface area contributed by atoms with Crippen molar-refractivity contribution in [3.63, 3.8) is 0 Å². The van der Waals surface area contributed by atoms with Gasteiger partial charge in [0.15, 0.2) is 5.82 Å². The van der Waals surface area contributed by atoms with E-state index < -0.39 is 0 Å². The summed E-state index contributed by atoms with van der Waals surface area (Å²) in [6, 6.07) is 5.94. The summed E-state index contributed by atoms with van der Waals surface area (Å²) in [6.07, 6.45) is 2.13. The second kappa shape index (κ2) is 5.59. The van der Waals surface area contributed by atoms with E-state index in [9.17, 15) is 9.18 Å². The Morgan fingerprint density at radius 2 is 2.10 bits per heavy atom. The number of benzene rings is 1. The van der Waals surface area contributed by atoms with Crippen molar-refractivity contribution in [3.8, 4) is 0 Å². The normalized spacial score (nSPS) is 17.9. The molecule has 0 fully saturated rings. The number of rotatable bonds is 2. The molecule has 0 aliphatic carbocycles. The van der Waals surface area contributed by atoms with Crippen LogP contribution in [0.4, 0.5) is 10.1 Å². The molecule has 0 bridgehead atoms. The maximum atomic E-state index is 12.9. The van der Waals surface area contributed by atoms with Crippen molar-refractivity contribution in [2.24, 2.45) is 5.92 Å². The van der Waals surface area contributed by atoms with E-state index in [2.05, 4.69) is 15.5 Å². The van der Waals surface area contributed by atoms with Gasteiger partial charge in [0.1, 0.15) is 5.82 Å². The van der Waals surface area contributed by atoms with Crippen molar-refractivity contribution in [1.82, 2.24) is 20.2 Å². The number of halogens is 1. The fourth-order valence-electron chi connectivity index (χ4n) is 2.61. The summed E-state index contributed by atoms with van der Waals surface area (Å²) in [4.78, 5) is 14.2. The van der Waals surface area contributed by atoms with E-state index in [1.165, 1.54) is 12.1 Å². The zero-order chi connectivity index (χ0) is 14.8. The number of hydrogen-bond acceptors (Lipinski definition) is 4. The summed E-state index contributed by atoms with van der Waals surface area (Å²) in [7, 11) is 1.72. The molecule has 1 aliphatic rings. The van der Waals surface area contributed by atoms with Gasteiger partial charge in [-0.25, -0.2) is 9.07 Å². The molecule has 0 radical (unpaired) electrons. The molecule has 0 spiro atoms. The molecule has 0 unspecified atom stereocenters. The van der Waals surface area contributed by atoms with E-state index in [0.717, 1.165) is 12.2 Å². The number of amides is 1. The monoisotopic (exact) mass is 289 g/mol. The van der Waals surface area contributed by atoms with Crippen LogP contribution in [0.15, 0.2) is 24.3 Å². The van der Waals surface area contributed by atoms with Crippen LogP contribution >= 0.6 is 0 Å². The number of carbonyl (C=O) groups is 1. The van der Waals surface area contributed by atoms with Crippen LogP contribution in [-0.4, -0.2) is 33.2 Å². The molecule has 7 heteroatoms. The van der Waals surface area contributed by atoms with E-state index >= 15 is 0 Å². The predicted molar refractivity (Wildman–Crippen MR) is 74.1 cm³/mol. The zero-order valence-electron chi connectivity index (χ0n) is 11.7. The van der Waals surface area contributed by atoms with E-state index in [1.54, 1.807) is 28.8 Å². The molecule has 2 aromatic rings. The van der Waals surface area contributed by atoms with Crippen LogP contribution in [0.25, 0.3) is 0 Å². The molecular weight excluding hydrogens is 273 g/mol. The average Bonchev–Trinajstić information content (AvgIpc) is 2.85. The van der Waals surface area contributed by atoms with Crippen molar-refractivity contribution >= 4 is 11.6 Å². The van der Waals surface area contributed by atoms with Crippen LogP contribution in [0, 0.1) is 11.7 Å². The predicted octanol–water partition coefficient (Wildman–Crippen LogP) is 1.43. The largest absolute Gasteiger partial charge is 0.315 e. The number of fused-ring (bicyclic) bond motifs is 1. The summed E-state index contributed by atoms with van der Waals surface area (Å²) in [5.74, 6) is 0.483. The highest BCUT2D eigenvalue weighted by Crippen LogP contribution is 2.23. The number of hydrogen-bond donors (Lipinski definition) is 0. The molecule has 1 amide bonds. The molecule has 1 aliphatic heterocycles. The van der Waals surface area contributed by atoms with Gasteiger partial charge in [0.05, 0.1) is 0 Å². The standard InChI is InChI=1S/C14H16FN5O/c1-19(12-5-3-11(15)4-6-12)14(21)10-2-7-13-16-17-18-20(13)9-8-10/h3-6,10H,2,7-9H2,1H3/t10-/m0/s1.